The number of rotatable bonds is 2. The van der Waals surface area contributed by atoms with Crippen LogP contribution in [-0.2, 0) is 0 Å². The van der Waals surface area contributed by atoms with E-state index in [1.165, 1.54) is 0 Å². The zero-order valence-electron chi connectivity index (χ0n) is 11.7. The summed E-state index contributed by atoms with van der Waals surface area (Å²) < 4.78 is 2.08. The van der Waals surface area contributed by atoms with E-state index < -0.39 is 0 Å². The van der Waals surface area contributed by atoms with Crippen molar-refractivity contribution in [3.05, 3.63) is 47.5 Å². The van der Waals surface area contributed by atoms with Crippen LogP contribution in [0.2, 0.25) is 0 Å². The highest BCUT2D eigenvalue weighted by Gasteiger charge is 2.14. The fraction of sp³-hybridized carbons (Fsp3) is 0.133. The molecular formula is C15H13N5S. The highest BCUT2D eigenvalue weighted by atomic mass is 32.1. The maximum Gasteiger partial charge on any atom is 0.156 e. The molecule has 0 atom stereocenters. The van der Waals surface area contributed by atoms with Crippen molar-refractivity contribution < 1.29 is 0 Å². The van der Waals surface area contributed by atoms with Crippen molar-refractivity contribution >= 4 is 22.2 Å². The fourth-order valence-electron chi connectivity index (χ4n) is 2.49. The van der Waals surface area contributed by atoms with Gasteiger partial charge in [-0.3, -0.25) is 9.67 Å². The van der Waals surface area contributed by atoms with E-state index in [0.29, 0.717) is 0 Å². The van der Waals surface area contributed by atoms with Gasteiger partial charge in [-0.2, -0.15) is 5.10 Å². The molecule has 0 amide bonds. The van der Waals surface area contributed by atoms with Gasteiger partial charge in [-0.05, 0) is 32.0 Å². The van der Waals surface area contributed by atoms with Gasteiger partial charge in [0.05, 0.1) is 27.3 Å². The number of imidazole rings is 1. The molecular weight excluding hydrogens is 282 g/mol. The van der Waals surface area contributed by atoms with E-state index in [-0.39, 0.29) is 0 Å². The Hall–Kier alpha value is -2.47. The Morgan fingerprint density at radius 1 is 1.24 bits per heavy atom. The Labute approximate surface area is 125 Å². The summed E-state index contributed by atoms with van der Waals surface area (Å²) in [6.07, 6.45) is 5.62. The molecule has 0 saturated carbocycles. The summed E-state index contributed by atoms with van der Waals surface area (Å²) in [5.74, 6) is 0.928. The fourth-order valence-corrected chi connectivity index (χ4v) is 3.41. The highest BCUT2D eigenvalue weighted by molar-refractivity contribution is 7.15. The first kappa shape index (κ1) is 12.3. The monoisotopic (exact) mass is 295 g/mol. The second-order valence-electron chi connectivity index (χ2n) is 4.91. The first-order chi connectivity index (χ1) is 10.2. The molecule has 5 nitrogen and oxygen atoms in total. The molecule has 0 unspecified atom stereocenters. The van der Waals surface area contributed by atoms with Crippen LogP contribution in [0.4, 0.5) is 0 Å². The number of aryl methyl sites for hydroxylation is 2. The third kappa shape index (κ3) is 1.95. The number of nitrogens with zero attached hydrogens (tertiary/aromatic N) is 4. The normalized spacial score (nSPS) is 11.3. The molecule has 4 rings (SSSR count). The van der Waals surface area contributed by atoms with Crippen molar-refractivity contribution in [2.75, 3.05) is 0 Å². The van der Waals surface area contributed by atoms with Gasteiger partial charge in [-0.15, -0.1) is 11.3 Å². The van der Waals surface area contributed by atoms with E-state index in [1.807, 2.05) is 32.4 Å². The van der Waals surface area contributed by atoms with Crippen LogP contribution in [0, 0.1) is 13.8 Å². The molecule has 1 N–H and O–H groups in total. The van der Waals surface area contributed by atoms with Gasteiger partial charge in [0, 0.05) is 23.5 Å². The molecule has 4 aromatic rings. The molecule has 21 heavy (non-hydrogen) atoms. The lowest BCUT2D eigenvalue weighted by Crippen LogP contribution is -1.96. The van der Waals surface area contributed by atoms with Gasteiger partial charge in [-0.1, -0.05) is 0 Å². The van der Waals surface area contributed by atoms with Crippen LogP contribution in [0.25, 0.3) is 27.3 Å². The van der Waals surface area contributed by atoms with E-state index in [1.54, 1.807) is 11.3 Å². The van der Waals surface area contributed by atoms with Crippen molar-refractivity contribution in [2.45, 2.75) is 13.8 Å². The first-order valence-corrected chi connectivity index (χ1v) is 7.45. The number of nitrogens with one attached hydrogen (secondary N) is 1. The maximum absolute atomic E-state index is 4.51. The molecule has 3 aromatic heterocycles. The minimum atomic E-state index is 0.928. The van der Waals surface area contributed by atoms with Crippen LogP contribution in [0.3, 0.4) is 0 Å². The maximum atomic E-state index is 4.51. The van der Waals surface area contributed by atoms with Gasteiger partial charge in [0.25, 0.3) is 0 Å². The van der Waals surface area contributed by atoms with Crippen LogP contribution >= 0.6 is 11.3 Å². The molecule has 0 radical (unpaired) electrons. The largest absolute Gasteiger partial charge is 0.299 e. The van der Waals surface area contributed by atoms with Crippen LogP contribution in [0.1, 0.15) is 10.7 Å². The SMILES string of the molecule is Cc1nc(C)c(-c2nccn2-c2ccc3cn[nH]c3c2)s1. The van der Waals surface area contributed by atoms with Gasteiger partial charge in [0.15, 0.2) is 5.82 Å². The summed E-state index contributed by atoms with van der Waals surface area (Å²) >= 11 is 1.67. The number of aromatic nitrogens is 5. The summed E-state index contributed by atoms with van der Waals surface area (Å²) in [5.41, 5.74) is 3.10. The second kappa shape index (κ2) is 4.53. The first-order valence-electron chi connectivity index (χ1n) is 6.63. The number of aromatic amines is 1. The molecule has 0 aliphatic rings. The van der Waals surface area contributed by atoms with Crippen molar-refractivity contribution in [1.29, 1.82) is 0 Å². The zero-order valence-corrected chi connectivity index (χ0v) is 12.5. The van der Waals surface area contributed by atoms with Crippen LogP contribution < -0.4 is 0 Å². The number of hydrogen-bond donors (Lipinski definition) is 1. The highest BCUT2D eigenvalue weighted by Crippen LogP contribution is 2.30. The van der Waals surface area contributed by atoms with E-state index >= 15 is 0 Å². The molecule has 0 aliphatic heterocycles. The Morgan fingerprint density at radius 3 is 2.95 bits per heavy atom. The Morgan fingerprint density at radius 2 is 2.14 bits per heavy atom. The number of fused-ring (bicyclic) bond motifs is 1. The Kier molecular flexibility index (Phi) is 2.65. The van der Waals surface area contributed by atoms with Crippen LogP contribution in [-0.4, -0.2) is 24.7 Å². The lowest BCUT2D eigenvalue weighted by molar-refractivity contribution is 1.06. The molecule has 0 saturated heterocycles. The van der Waals surface area contributed by atoms with Gasteiger partial charge < -0.3 is 0 Å². The molecule has 3 heterocycles. The third-order valence-corrected chi connectivity index (χ3v) is 4.52. The smallest absolute Gasteiger partial charge is 0.156 e. The van der Waals surface area contributed by atoms with E-state index in [9.17, 15) is 0 Å². The van der Waals surface area contributed by atoms with Crippen molar-refractivity contribution in [3.63, 3.8) is 0 Å². The minimum Gasteiger partial charge on any atom is -0.299 e. The Balaban J connectivity index is 1.90. The predicted molar refractivity (Wildman–Crippen MR) is 83.8 cm³/mol. The van der Waals surface area contributed by atoms with E-state index in [4.69, 9.17) is 0 Å². The van der Waals surface area contributed by atoms with Crippen molar-refractivity contribution in [3.8, 4) is 16.4 Å². The van der Waals surface area contributed by atoms with Gasteiger partial charge in [0.1, 0.15) is 0 Å². The molecule has 0 aliphatic carbocycles. The Bertz CT molecular complexity index is 931. The van der Waals surface area contributed by atoms with Gasteiger partial charge in [-0.25, -0.2) is 9.97 Å². The topological polar surface area (TPSA) is 59.4 Å². The summed E-state index contributed by atoms with van der Waals surface area (Å²) in [6.45, 7) is 4.04. The summed E-state index contributed by atoms with van der Waals surface area (Å²) in [7, 11) is 0. The van der Waals surface area contributed by atoms with Crippen molar-refractivity contribution in [2.24, 2.45) is 0 Å². The summed E-state index contributed by atoms with van der Waals surface area (Å²) in [5, 5.41) is 9.23. The molecule has 104 valence electrons. The number of H-pyrrole nitrogens is 1. The number of hydrogen-bond acceptors (Lipinski definition) is 4. The number of thiazole rings is 1. The standard InChI is InChI=1S/C15H13N5S/c1-9-14(21-10(2)18-9)15-16-5-6-20(15)12-4-3-11-8-17-19-13(11)7-12/h3-8H,1-2H3,(H,17,19). The lowest BCUT2D eigenvalue weighted by Gasteiger charge is -2.07. The summed E-state index contributed by atoms with van der Waals surface area (Å²) in [6, 6.07) is 6.21. The van der Waals surface area contributed by atoms with E-state index in [0.717, 1.165) is 38.0 Å². The third-order valence-electron chi connectivity index (χ3n) is 3.45. The second-order valence-corrected chi connectivity index (χ2v) is 6.11. The molecule has 0 spiro atoms. The quantitative estimate of drug-likeness (QED) is 0.616. The molecule has 0 bridgehead atoms. The average molecular weight is 295 g/mol. The van der Waals surface area contributed by atoms with Crippen LogP contribution in [0.5, 0.6) is 0 Å². The lowest BCUT2D eigenvalue weighted by atomic mass is 10.2. The number of benzene rings is 1. The van der Waals surface area contributed by atoms with Gasteiger partial charge >= 0.3 is 0 Å². The molecule has 1 aromatic carbocycles. The zero-order chi connectivity index (χ0) is 14.4. The minimum absolute atomic E-state index is 0.928. The summed E-state index contributed by atoms with van der Waals surface area (Å²) in [4.78, 5) is 10.1. The predicted octanol–water partition coefficient (Wildman–Crippen LogP) is 3.49. The van der Waals surface area contributed by atoms with Crippen molar-refractivity contribution in [1.82, 2.24) is 24.7 Å². The molecule has 0 fully saturated rings. The van der Waals surface area contributed by atoms with E-state index in [2.05, 4.69) is 42.9 Å². The van der Waals surface area contributed by atoms with Gasteiger partial charge in [0.2, 0.25) is 0 Å². The van der Waals surface area contributed by atoms with Crippen LogP contribution in [0.15, 0.2) is 36.8 Å². The average Bonchev–Trinajstić information content (AvgIpc) is 3.16. The molecule has 6 heteroatoms.